The van der Waals surface area contributed by atoms with Crippen molar-refractivity contribution >= 4 is 17.5 Å². The molecule has 7 heteroatoms. The van der Waals surface area contributed by atoms with E-state index in [-0.39, 0.29) is 17.1 Å². The molecule has 132 valence electrons. The molecule has 0 saturated heterocycles. The zero-order chi connectivity index (χ0) is 18.4. The lowest BCUT2D eigenvalue weighted by Gasteiger charge is -2.07. The smallest absolute Gasteiger partial charge is 0.258 e. The van der Waals surface area contributed by atoms with Crippen LogP contribution in [0.2, 0.25) is 0 Å². The molecule has 0 fully saturated rings. The lowest BCUT2D eigenvalue weighted by atomic mass is 10.1. The highest BCUT2D eigenvalue weighted by atomic mass is 19.1. The molecule has 1 amide bonds. The molecular formula is C19H16F2N4O. The molecule has 0 radical (unpaired) electrons. The summed E-state index contributed by atoms with van der Waals surface area (Å²) >= 11 is 0. The first-order chi connectivity index (χ1) is 12.6. The number of nitrogens with one attached hydrogen (secondary N) is 2. The molecule has 0 spiro atoms. The minimum atomic E-state index is -0.520. The van der Waals surface area contributed by atoms with Gasteiger partial charge in [0.2, 0.25) is 5.95 Å². The van der Waals surface area contributed by atoms with Gasteiger partial charge in [-0.05, 0) is 30.2 Å². The molecule has 0 unspecified atom stereocenters. The van der Waals surface area contributed by atoms with Gasteiger partial charge in [0.1, 0.15) is 11.6 Å². The fraction of sp³-hybridized carbons (Fsp3) is 0.105. The number of nitrogens with zero attached hydrogens (tertiary/aromatic N) is 2. The van der Waals surface area contributed by atoms with E-state index in [4.69, 9.17) is 0 Å². The highest BCUT2D eigenvalue weighted by molar-refractivity contribution is 6.03. The summed E-state index contributed by atoms with van der Waals surface area (Å²) in [6.07, 6.45) is 3.16. The van der Waals surface area contributed by atoms with Crippen LogP contribution in [0.3, 0.4) is 0 Å². The Morgan fingerprint density at radius 1 is 0.923 bits per heavy atom. The predicted molar refractivity (Wildman–Crippen MR) is 95.0 cm³/mol. The number of amides is 1. The Morgan fingerprint density at radius 2 is 1.58 bits per heavy atom. The van der Waals surface area contributed by atoms with Crippen molar-refractivity contribution in [2.75, 3.05) is 17.2 Å². The SMILES string of the molecule is O=C(Nc1ccccc1F)c1cnc(NCCc2ccccc2F)nc1. The zero-order valence-corrected chi connectivity index (χ0v) is 13.7. The molecule has 0 saturated carbocycles. The van der Waals surface area contributed by atoms with Crippen LogP contribution < -0.4 is 10.6 Å². The Kier molecular flexibility index (Phi) is 5.48. The number of anilines is 2. The number of para-hydroxylation sites is 1. The Morgan fingerprint density at radius 3 is 2.27 bits per heavy atom. The summed E-state index contributed by atoms with van der Waals surface area (Å²) in [5.74, 6) is -0.958. The maximum absolute atomic E-state index is 13.6. The number of halogens is 2. The number of hydrogen-bond donors (Lipinski definition) is 2. The highest BCUT2D eigenvalue weighted by Crippen LogP contribution is 2.14. The lowest BCUT2D eigenvalue weighted by Crippen LogP contribution is -2.15. The molecule has 2 N–H and O–H groups in total. The van der Waals surface area contributed by atoms with E-state index in [0.717, 1.165) is 0 Å². The summed E-state index contributed by atoms with van der Waals surface area (Å²) in [4.78, 5) is 20.2. The van der Waals surface area contributed by atoms with E-state index in [1.165, 1.54) is 36.7 Å². The Bertz CT molecular complexity index is 900. The first-order valence-corrected chi connectivity index (χ1v) is 7.98. The van der Waals surface area contributed by atoms with Gasteiger partial charge in [-0.1, -0.05) is 30.3 Å². The fourth-order valence-corrected chi connectivity index (χ4v) is 2.30. The van der Waals surface area contributed by atoms with Crippen molar-refractivity contribution in [2.45, 2.75) is 6.42 Å². The average molecular weight is 354 g/mol. The zero-order valence-electron chi connectivity index (χ0n) is 13.7. The van der Waals surface area contributed by atoms with E-state index in [1.54, 1.807) is 24.3 Å². The molecule has 5 nitrogen and oxygen atoms in total. The summed E-state index contributed by atoms with van der Waals surface area (Å²) in [6.45, 7) is 0.446. The molecule has 1 aromatic heterocycles. The molecular weight excluding hydrogens is 338 g/mol. The number of rotatable bonds is 6. The van der Waals surface area contributed by atoms with Crippen LogP contribution in [0.15, 0.2) is 60.9 Å². The van der Waals surface area contributed by atoms with E-state index in [0.29, 0.717) is 24.5 Å². The van der Waals surface area contributed by atoms with Crippen molar-refractivity contribution < 1.29 is 13.6 Å². The maximum Gasteiger partial charge on any atom is 0.258 e. The normalized spacial score (nSPS) is 10.4. The van der Waals surface area contributed by atoms with Crippen molar-refractivity contribution in [3.8, 4) is 0 Å². The standard InChI is InChI=1S/C19H16F2N4O/c20-15-6-2-1-5-13(15)9-10-22-19-23-11-14(12-24-19)18(26)25-17-8-4-3-7-16(17)21/h1-8,11-12H,9-10H2,(H,25,26)(H,22,23,24). The monoisotopic (exact) mass is 354 g/mol. The fourth-order valence-electron chi connectivity index (χ4n) is 2.30. The number of benzene rings is 2. The van der Waals surface area contributed by atoms with Gasteiger partial charge in [0.15, 0.2) is 0 Å². The quantitative estimate of drug-likeness (QED) is 0.709. The van der Waals surface area contributed by atoms with E-state index in [1.807, 2.05) is 0 Å². The maximum atomic E-state index is 13.6. The van der Waals surface area contributed by atoms with Crippen molar-refractivity contribution in [3.63, 3.8) is 0 Å². The van der Waals surface area contributed by atoms with Gasteiger partial charge in [-0.2, -0.15) is 0 Å². The second kappa shape index (κ2) is 8.15. The molecule has 0 aliphatic heterocycles. The van der Waals surface area contributed by atoms with E-state index < -0.39 is 11.7 Å². The van der Waals surface area contributed by atoms with Crippen LogP contribution >= 0.6 is 0 Å². The Hall–Kier alpha value is -3.35. The van der Waals surface area contributed by atoms with E-state index in [2.05, 4.69) is 20.6 Å². The molecule has 1 heterocycles. The summed E-state index contributed by atoms with van der Waals surface area (Å²) in [5, 5.41) is 5.43. The van der Waals surface area contributed by atoms with Crippen LogP contribution in [0.1, 0.15) is 15.9 Å². The van der Waals surface area contributed by atoms with Crippen molar-refractivity contribution in [2.24, 2.45) is 0 Å². The molecule has 0 aliphatic carbocycles. The van der Waals surface area contributed by atoms with Crippen LogP contribution in [-0.4, -0.2) is 22.4 Å². The third-order valence-corrected chi connectivity index (χ3v) is 3.67. The van der Waals surface area contributed by atoms with Crippen LogP contribution in [0.4, 0.5) is 20.4 Å². The van der Waals surface area contributed by atoms with Crippen LogP contribution in [0.25, 0.3) is 0 Å². The number of carbonyl (C=O) groups excluding carboxylic acids is 1. The first-order valence-electron chi connectivity index (χ1n) is 7.98. The van der Waals surface area contributed by atoms with Gasteiger partial charge in [-0.15, -0.1) is 0 Å². The minimum absolute atomic E-state index is 0.0876. The molecule has 3 rings (SSSR count). The molecule has 2 aromatic carbocycles. The minimum Gasteiger partial charge on any atom is -0.354 e. The Labute approximate surface area is 149 Å². The second-order valence-corrected chi connectivity index (χ2v) is 5.50. The summed E-state index contributed by atoms with van der Waals surface area (Å²) in [6, 6.07) is 12.4. The first kappa shape index (κ1) is 17.5. The van der Waals surface area contributed by atoms with Gasteiger partial charge < -0.3 is 10.6 Å². The van der Waals surface area contributed by atoms with E-state index in [9.17, 15) is 13.6 Å². The van der Waals surface area contributed by atoms with Crippen LogP contribution in [-0.2, 0) is 6.42 Å². The highest BCUT2D eigenvalue weighted by Gasteiger charge is 2.10. The number of hydrogen-bond acceptors (Lipinski definition) is 4. The van der Waals surface area contributed by atoms with E-state index >= 15 is 0 Å². The largest absolute Gasteiger partial charge is 0.354 e. The second-order valence-electron chi connectivity index (χ2n) is 5.50. The number of carbonyl (C=O) groups is 1. The molecule has 0 atom stereocenters. The molecule has 3 aromatic rings. The average Bonchev–Trinajstić information content (AvgIpc) is 2.66. The van der Waals surface area contributed by atoms with Gasteiger partial charge in [-0.25, -0.2) is 18.7 Å². The molecule has 0 bridgehead atoms. The summed E-state index contributed by atoms with van der Waals surface area (Å²) < 4.78 is 27.1. The third-order valence-electron chi connectivity index (χ3n) is 3.67. The van der Waals surface area contributed by atoms with Crippen molar-refractivity contribution in [1.82, 2.24) is 9.97 Å². The van der Waals surface area contributed by atoms with Crippen molar-refractivity contribution in [3.05, 3.63) is 83.7 Å². The number of aromatic nitrogens is 2. The predicted octanol–water partition coefficient (Wildman–Crippen LogP) is 3.66. The van der Waals surface area contributed by atoms with Crippen LogP contribution in [0, 0.1) is 11.6 Å². The van der Waals surface area contributed by atoms with Gasteiger partial charge in [0, 0.05) is 18.9 Å². The van der Waals surface area contributed by atoms with Crippen LogP contribution in [0.5, 0.6) is 0 Å². The summed E-state index contributed by atoms with van der Waals surface area (Å²) in [7, 11) is 0. The third kappa shape index (κ3) is 4.38. The van der Waals surface area contributed by atoms with Gasteiger partial charge in [0.25, 0.3) is 5.91 Å². The molecule has 26 heavy (non-hydrogen) atoms. The lowest BCUT2D eigenvalue weighted by molar-refractivity contribution is 0.102. The Balaban J connectivity index is 1.55. The van der Waals surface area contributed by atoms with Gasteiger partial charge in [-0.3, -0.25) is 4.79 Å². The summed E-state index contributed by atoms with van der Waals surface area (Å²) in [5.41, 5.74) is 0.887. The van der Waals surface area contributed by atoms with Crippen molar-refractivity contribution in [1.29, 1.82) is 0 Å². The topological polar surface area (TPSA) is 66.9 Å². The van der Waals surface area contributed by atoms with Gasteiger partial charge in [0.05, 0.1) is 11.3 Å². The molecule has 0 aliphatic rings. The van der Waals surface area contributed by atoms with Gasteiger partial charge >= 0.3 is 0 Å².